The van der Waals surface area contributed by atoms with Crippen molar-refractivity contribution < 1.29 is 19.0 Å². The van der Waals surface area contributed by atoms with E-state index in [4.69, 9.17) is 14.2 Å². The van der Waals surface area contributed by atoms with Crippen LogP contribution in [0.3, 0.4) is 0 Å². The molecule has 0 spiro atoms. The molecule has 0 aliphatic carbocycles. The van der Waals surface area contributed by atoms with Crippen molar-refractivity contribution in [2.75, 3.05) is 13.7 Å². The predicted molar refractivity (Wildman–Crippen MR) is 113 cm³/mol. The van der Waals surface area contributed by atoms with Crippen LogP contribution >= 0.6 is 0 Å². The molecule has 0 aromatic heterocycles. The molecule has 1 aliphatic heterocycles. The number of ether oxygens (including phenoxy) is 3. The maximum atomic E-state index is 12.7. The quantitative estimate of drug-likeness (QED) is 0.688. The van der Waals surface area contributed by atoms with Crippen molar-refractivity contribution in [3.05, 3.63) is 66.2 Å². The number of carbonyl (C=O) groups is 1. The van der Waals surface area contributed by atoms with Gasteiger partial charge in [0.15, 0.2) is 6.61 Å². The van der Waals surface area contributed by atoms with Gasteiger partial charge in [-0.2, -0.15) is 0 Å². The van der Waals surface area contributed by atoms with Crippen molar-refractivity contribution in [1.29, 1.82) is 0 Å². The van der Waals surface area contributed by atoms with Gasteiger partial charge >= 0.3 is 0 Å². The summed E-state index contributed by atoms with van der Waals surface area (Å²) in [6.45, 7) is 3.99. The van der Waals surface area contributed by atoms with Crippen molar-refractivity contribution in [2.24, 2.45) is 0 Å². The van der Waals surface area contributed by atoms with Crippen molar-refractivity contribution in [1.82, 2.24) is 5.32 Å². The van der Waals surface area contributed by atoms with Crippen molar-refractivity contribution >= 4 is 16.7 Å². The van der Waals surface area contributed by atoms with Crippen LogP contribution in [0, 0.1) is 0 Å². The van der Waals surface area contributed by atoms with Gasteiger partial charge in [0.25, 0.3) is 5.91 Å². The molecule has 3 aromatic carbocycles. The van der Waals surface area contributed by atoms with E-state index >= 15 is 0 Å². The fourth-order valence-electron chi connectivity index (χ4n) is 3.79. The molecule has 0 bridgehead atoms. The highest BCUT2D eigenvalue weighted by Gasteiger charge is 2.34. The zero-order valence-electron chi connectivity index (χ0n) is 16.9. The highest BCUT2D eigenvalue weighted by molar-refractivity contribution is 5.88. The Kier molecular flexibility index (Phi) is 5.05. The zero-order chi connectivity index (χ0) is 20.4. The van der Waals surface area contributed by atoms with Gasteiger partial charge in [-0.25, -0.2) is 0 Å². The Hall–Kier alpha value is -3.21. The molecule has 1 atom stereocenters. The Bertz CT molecular complexity index is 1040. The highest BCUT2D eigenvalue weighted by atomic mass is 16.5. The number of amides is 1. The minimum Gasteiger partial charge on any atom is -0.497 e. The lowest BCUT2D eigenvalue weighted by atomic mass is 9.89. The van der Waals surface area contributed by atoms with Crippen LogP contribution in [0.4, 0.5) is 0 Å². The first-order valence-electron chi connectivity index (χ1n) is 9.72. The van der Waals surface area contributed by atoms with Gasteiger partial charge in [0, 0.05) is 23.4 Å². The van der Waals surface area contributed by atoms with Gasteiger partial charge in [-0.1, -0.05) is 36.4 Å². The summed E-state index contributed by atoms with van der Waals surface area (Å²) in [5.74, 6) is 2.00. The number of benzene rings is 3. The normalized spacial score (nSPS) is 17.1. The Morgan fingerprint density at radius 1 is 1.14 bits per heavy atom. The Morgan fingerprint density at radius 2 is 1.93 bits per heavy atom. The van der Waals surface area contributed by atoms with Crippen LogP contribution in [0.1, 0.15) is 31.9 Å². The van der Waals surface area contributed by atoms with Crippen molar-refractivity contribution in [2.45, 2.75) is 31.9 Å². The van der Waals surface area contributed by atoms with E-state index in [0.717, 1.165) is 27.8 Å². The smallest absolute Gasteiger partial charge is 0.258 e. The fourth-order valence-corrected chi connectivity index (χ4v) is 3.79. The molecule has 4 rings (SSSR count). The molecule has 1 amide bonds. The van der Waals surface area contributed by atoms with Crippen LogP contribution in [-0.2, 0) is 4.79 Å². The highest BCUT2D eigenvalue weighted by Crippen LogP contribution is 2.41. The third-order valence-corrected chi connectivity index (χ3v) is 5.12. The lowest BCUT2D eigenvalue weighted by Gasteiger charge is -2.38. The van der Waals surface area contributed by atoms with Crippen LogP contribution in [0.2, 0.25) is 0 Å². The number of hydrogen-bond acceptors (Lipinski definition) is 4. The van der Waals surface area contributed by atoms with Crippen LogP contribution in [0.5, 0.6) is 17.2 Å². The molecular formula is C24H25NO4. The lowest BCUT2D eigenvalue weighted by molar-refractivity contribution is -0.124. The monoisotopic (exact) mass is 391 g/mol. The van der Waals surface area contributed by atoms with Gasteiger partial charge in [0.2, 0.25) is 0 Å². The van der Waals surface area contributed by atoms with E-state index in [1.807, 2.05) is 74.5 Å². The van der Waals surface area contributed by atoms with Crippen LogP contribution in [-0.4, -0.2) is 25.2 Å². The topological polar surface area (TPSA) is 56.8 Å². The number of hydrogen-bond donors (Lipinski definition) is 1. The van der Waals surface area contributed by atoms with Gasteiger partial charge in [-0.3, -0.25) is 4.79 Å². The van der Waals surface area contributed by atoms with E-state index in [1.165, 1.54) is 0 Å². The lowest BCUT2D eigenvalue weighted by Crippen LogP contribution is -2.42. The minimum atomic E-state index is -0.395. The zero-order valence-corrected chi connectivity index (χ0v) is 16.9. The molecule has 5 heteroatoms. The summed E-state index contributed by atoms with van der Waals surface area (Å²) in [6, 6.07) is 19.3. The second kappa shape index (κ2) is 7.66. The molecule has 3 aromatic rings. The van der Waals surface area contributed by atoms with Gasteiger partial charge in [0.05, 0.1) is 13.2 Å². The summed E-state index contributed by atoms with van der Waals surface area (Å²) in [5, 5.41) is 5.18. The second-order valence-corrected chi connectivity index (χ2v) is 7.86. The van der Waals surface area contributed by atoms with Crippen LogP contribution in [0.15, 0.2) is 60.7 Å². The third-order valence-electron chi connectivity index (χ3n) is 5.12. The number of rotatable bonds is 5. The molecule has 1 heterocycles. The maximum absolute atomic E-state index is 12.7. The van der Waals surface area contributed by atoms with Gasteiger partial charge in [-0.05, 0) is 37.4 Å². The van der Waals surface area contributed by atoms with Gasteiger partial charge in [-0.15, -0.1) is 0 Å². The molecule has 0 saturated carbocycles. The summed E-state index contributed by atoms with van der Waals surface area (Å²) < 4.78 is 17.2. The van der Waals surface area contributed by atoms with E-state index in [9.17, 15) is 4.79 Å². The standard InChI is InChI=1S/C24H25NO4/c1-24(2)14-20(19-12-11-17(27-3)13-22(19)29-24)25-23(26)15-28-21-10-6-8-16-7-4-5-9-18(16)21/h4-13,20H,14-15H2,1-3H3,(H,25,26). The van der Waals surface area contributed by atoms with Gasteiger partial charge in [0.1, 0.15) is 22.8 Å². The van der Waals surface area contributed by atoms with E-state index in [0.29, 0.717) is 12.2 Å². The van der Waals surface area contributed by atoms with E-state index in [-0.39, 0.29) is 18.6 Å². The number of methoxy groups -OCH3 is 1. The molecule has 1 aliphatic rings. The number of fused-ring (bicyclic) bond motifs is 2. The first-order chi connectivity index (χ1) is 13.9. The Balaban J connectivity index is 1.48. The maximum Gasteiger partial charge on any atom is 0.258 e. The summed E-state index contributed by atoms with van der Waals surface area (Å²) >= 11 is 0. The second-order valence-electron chi connectivity index (χ2n) is 7.86. The summed E-state index contributed by atoms with van der Waals surface area (Å²) in [7, 11) is 1.62. The molecule has 1 unspecified atom stereocenters. The minimum absolute atomic E-state index is 0.0444. The van der Waals surface area contributed by atoms with E-state index in [2.05, 4.69) is 5.32 Å². The number of carbonyl (C=O) groups excluding carboxylic acids is 1. The predicted octanol–water partition coefficient (Wildman–Crippen LogP) is 4.65. The number of nitrogens with one attached hydrogen (secondary N) is 1. The molecule has 150 valence electrons. The summed E-state index contributed by atoms with van der Waals surface area (Å²) in [5.41, 5.74) is 0.553. The average molecular weight is 391 g/mol. The largest absolute Gasteiger partial charge is 0.497 e. The summed E-state index contributed by atoms with van der Waals surface area (Å²) in [4.78, 5) is 12.7. The van der Waals surface area contributed by atoms with Crippen molar-refractivity contribution in [3.63, 3.8) is 0 Å². The molecular weight excluding hydrogens is 366 g/mol. The SMILES string of the molecule is COc1ccc2c(c1)OC(C)(C)CC2NC(=O)COc1cccc2ccccc12. The van der Waals surface area contributed by atoms with Crippen LogP contribution in [0.25, 0.3) is 10.8 Å². The fraction of sp³-hybridized carbons (Fsp3) is 0.292. The van der Waals surface area contributed by atoms with E-state index < -0.39 is 5.60 Å². The van der Waals surface area contributed by atoms with Crippen molar-refractivity contribution in [3.8, 4) is 17.2 Å². The van der Waals surface area contributed by atoms with E-state index in [1.54, 1.807) is 7.11 Å². The third kappa shape index (κ3) is 4.14. The molecule has 0 radical (unpaired) electrons. The molecule has 29 heavy (non-hydrogen) atoms. The first-order valence-corrected chi connectivity index (χ1v) is 9.72. The average Bonchev–Trinajstić information content (AvgIpc) is 2.70. The summed E-state index contributed by atoms with van der Waals surface area (Å²) in [6.07, 6.45) is 0.673. The molecule has 0 saturated heterocycles. The van der Waals surface area contributed by atoms with Crippen LogP contribution < -0.4 is 19.5 Å². The molecule has 5 nitrogen and oxygen atoms in total. The Morgan fingerprint density at radius 3 is 2.76 bits per heavy atom. The Labute approximate surface area is 170 Å². The first kappa shape index (κ1) is 19.1. The molecule has 0 fully saturated rings. The van der Waals surface area contributed by atoms with Gasteiger partial charge < -0.3 is 19.5 Å². The molecule has 1 N–H and O–H groups in total.